The van der Waals surface area contributed by atoms with E-state index in [0.717, 1.165) is 22.7 Å². The van der Waals surface area contributed by atoms with Crippen molar-refractivity contribution in [2.24, 2.45) is 0 Å². The Morgan fingerprint density at radius 2 is 1.81 bits per heavy atom. The lowest BCUT2D eigenvalue weighted by Crippen LogP contribution is -2.19. The molecule has 0 atom stereocenters. The maximum absolute atomic E-state index is 12.9. The minimum atomic E-state index is -0.550. The summed E-state index contributed by atoms with van der Waals surface area (Å²) in [6.45, 7) is 0. The average molecular weight is 472 g/mol. The van der Waals surface area contributed by atoms with Gasteiger partial charge in [-0.05, 0) is 30.3 Å². The van der Waals surface area contributed by atoms with Gasteiger partial charge in [0.2, 0.25) is 5.91 Å². The summed E-state index contributed by atoms with van der Waals surface area (Å²) in [6.07, 6.45) is -0.0478. The second-order valence-electron chi connectivity index (χ2n) is 6.38. The van der Waals surface area contributed by atoms with Crippen LogP contribution in [0.1, 0.15) is 5.69 Å². The molecular formula is C19H13FN6O4S2. The number of benzene rings is 2. The highest BCUT2D eigenvalue weighted by Crippen LogP contribution is 2.29. The van der Waals surface area contributed by atoms with E-state index in [0.29, 0.717) is 31.9 Å². The maximum Gasteiger partial charge on any atom is 0.325 e. The van der Waals surface area contributed by atoms with Crippen LogP contribution in [0.2, 0.25) is 0 Å². The Hall–Kier alpha value is -3.97. The number of aromatic nitrogens is 2. The Labute approximate surface area is 187 Å². The van der Waals surface area contributed by atoms with E-state index in [1.807, 2.05) is 0 Å². The summed E-state index contributed by atoms with van der Waals surface area (Å²) in [7, 11) is 0. The number of thiazole rings is 2. The van der Waals surface area contributed by atoms with Crippen molar-refractivity contribution in [3.8, 4) is 0 Å². The molecule has 0 fully saturated rings. The first-order valence-corrected chi connectivity index (χ1v) is 10.7. The Balaban J connectivity index is 1.33. The summed E-state index contributed by atoms with van der Waals surface area (Å²) < 4.78 is 13.5. The van der Waals surface area contributed by atoms with Gasteiger partial charge >= 0.3 is 6.03 Å². The fourth-order valence-corrected chi connectivity index (χ4v) is 4.27. The number of anilines is 3. The average Bonchev–Trinajstić information content (AvgIpc) is 3.34. The van der Waals surface area contributed by atoms with Crippen LogP contribution >= 0.6 is 22.7 Å². The number of halogens is 1. The zero-order valence-electron chi connectivity index (χ0n) is 16.0. The molecule has 0 bridgehead atoms. The lowest BCUT2D eigenvalue weighted by Gasteiger charge is -2.05. The van der Waals surface area contributed by atoms with Crippen LogP contribution in [0, 0.1) is 15.9 Å². The third kappa shape index (κ3) is 5.19. The van der Waals surface area contributed by atoms with E-state index in [4.69, 9.17) is 0 Å². The SMILES string of the molecule is O=C(Cc1csc(NC(=O)Nc2ccc(F)cc2)n1)Nc1nc2ccc([N+](=O)[O-])cc2s1. The first-order valence-electron chi connectivity index (χ1n) is 8.98. The molecule has 2 heterocycles. The molecule has 0 unspecified atom stereocenters. The number of fused-ring (bicyclic) bond motifs is 1. The van der Waals surface area contributed by atoms with E-state index >= 15 is 0 Å². The minimum absolute atomic E-state index is 0.0478. The van der Waals surface area contributed by atoms with Gasteiger partial charge in [0.15, 0.2) is 10.3 Å². The Bertz CT molecular complexity index is 1320. The molecule has 32 heavy (non-hydrogen) atoms. The zero-order chi connectivity index (χ0) is 22.7. The Morgan fingerprint density at radius 1 is 1.03 bits per heavy atom. The van der Waals surface area contributed by atoms with Crippen LogP contribution in [0.25, 0.3) is 10.2 Å². The van der Waals surface area contributed by atoms with E-state index in [1.54, 1.807) is 5.38 Å². The number of rotatable bonds is 6. The molecule has 0 radical (unpaired) electrons. The highest BCUT2D eigenvalue weighted by atomic mass is 32.1. The van der Waals surface area contributed by atoms with Gasteiger partial charge in [0.1, 0.15) is 5.82 Å². The van der Waals surface area contributed by atoms with Gasteiger partial charge in [0.05, 0.1) is 27.3 Å². The minimum Gasteiger partial charge on any atom is -0.308 e. The van der Waals surface area contributed by atoms with Gasteiger partial charge in [0, 0.05) is 23.2 Å². The van der Waals surface area contributed by atoms with E-state index in [1.165, 1.54) is 42.5 Å². The Kier molecular flexibility index (Phi) is 6.00. The van der Waals surface area contributed by atoms with Crippen molar-refractivity contribution in [2.75, 3.05) is 16.0 Å². The first kappa shape index (κ1) is 21.3. The number of carbonyl (C=O) groups is 2. The van der Waals surface area contributed by atoms with Gasteiger partial charge in [-0.3, -0.25) is 20.2 Å². The van der Waals surface area contributed by atoms with Gasteiger partial charge in [0.25, 0.3) is 5.69 Å². The maximum atomic E-state index is 12.9. The van der Waals surface area contributed by atoms with Gasteiger partial charge < -0.3 is 10.6 Å². The van der Waals surface area contributed by atoms with Crippen LogP contribution in [-0.2, 0) is 11.2 Å². The number of urea groups is 1. The third-order valence-electron chi connectivity index (χ3n) is 4.05. The quantitative estimate of drug-likeness (QED) is 0.276. The van der Waals surface area contributed by atoms with E-state index < -0.39 is 16.8 Å². The van der Waals surface area contributed by atoms with Crippen molar-refractivity contribution < 1.29 is 18.9 Å². The number of nitrogens with one attached hydrogen (secondary N) is 3. The van der Waals surface area contributed by atoms with Crippen molar-refractivity contribution in [3.63, 3.8) is 0 Å². The number of non-ortho nitro benzene ring substituents is 1. The molecule has 0 saturated heterocycles. The van der Waals surface area contributed by atoms with E-state index in [2.05, 4.69) is 25.9 Å². The smallest absolute Gasteiger partial charge is 0.308 e. The highest BCUT2D eigenvalue weighted by molar-refractivity contribution is 7.22. The van der Waals surface area contributed by atoms with Crippen molar-refractivity contribution in [1.29, 1.82) is 0 Å². The number of nitro groups is 1. The van der Waals surface area contributed by atoms with Crippen LogP contribution in [0.3, 0.4) is 0 Å². The standard InChI is InChI=1S/C19H13FN6O4S2/c20-10-1-3-11(4-2-10)21-17(28)25-18-22-12(9-31-18)7-16(27)24-19-23-14-6-5-13(26(29)30)8-15(14)32-19/h1-6,8-9H,7H2,(H,23,24,27)(H2,21,22,25,28). The van der Waals surface area contributed by atoms with Gasteiger partial charge in [-0.15, -0.1) is 11.3 Å². The summed E-state index contributed by atoms with van der Waals surface area (Å²) in [5.74, 6) is -0.780. The summed E-state index contributed by atoms with van der Waals surface area (Å²) in [4.78, 5) is 43.1. The number of hydrogen-bond acceptors (Lipinski definition) is 8. The summed E-state index contributed by atoms with van der Waals surface area (Å²) >= 11 is 2.28. The van der Waals surface area contributed by atoms with Gasteiger partial charge in [-0.1, -0.05) is 11.3 Å². The van der Waals surface area contributed by atoms with Gasteiger partial charge in [-0.25, -0.2) is 19.2 Å². The molecule has 2 aromatic carbocycles. The monoisotopic (exact) mass is 472 g/mol. The lowest BCUT2D eigenvalue weighted by molar-refractivity contribution is -0.384. The van der Waals surface area contributed by atoms with Gasteiger partial charge in [-0.2, -0.15) is 0 Å². The third-order valence-corrected chi connectivity index (χ3v) is 5.79. The number of amides is 3. The second-order valence-corrected chi connectivity index (χ2v) is 8.27. The van der Waals surface area contributed by atoms with Crippen LogP contribution < -0.4 is 16.0 Å². The number of nitro benzene ring substituents is 1. The van der Waals surface area contributed by atoms with Crippen molar-refractivity contribution in [3.05, 3.63) is 69.5 Å². The van der Waals surface area contributed by atoms with E-state index in [-0.39, 0.29) is 18.0 Å². The fourth-order valence-electron chi connectivity index (χ4n) is 2.65. The first-order chi connectivity index (χ1) is 15.4. The predicted octanol–water partition coefficient (Wildman–Crippen LogP) is 4.63. The number of nitrogens with zero attached hydrogens (tertiary/aromatic N) is 3. The van der Waals surface area contributed by atoms with Crippen LogP contribution in [0.5, 0.6) is 0 Å². The van der Waals surface area contributed by atoms with E-state index in [9.17, 15) is 24.1 Å². The largest absolute Gasteiger partial charge is 0.325 e. The molecule has 0 aliphatic rings. The van der Waals surface area contributed by atoms with Crippen LogP contribution in [-0.4, -0.2) is 26.8 Å². The molecule has 0 aliphatic heterocycles. The van der Waals surface area contributed by atoms with Crippen molar-refractivity contribution >= 4 is 66.5 Å². The fraction of sp³-hybridized carbons (Fsp3) is 0.0526. The van der Waals surface area contributed by atoms with Crippen molar-refractivity contribution in [2.45, 2.75) is 6.42 Å². The molecule has 2 aromatic heterocycles. The second kappa shape index (κ2) is 9.03. The molecule has 4 rings (SSSR count). The van der Waals surface area contributed by atoms with Crippen molar-refractivity contribution in [1.82, 2.24) is 9.97 Å². The Morgan fingerprint density at radius 3 is 2.56 bits per heavy atom. The lowest BCUT2D eigenvalue weighted by atomic mass is 10.3. The normalized spacial score (nSPS) is 10.7. The van der Waals surface area contributed by atoms with Crippen LogP contribution in [0.15, 0.2) is 47.8 Å². The summed E-state index contributed by atoms with van der Waals surface area (Å²) in [6, 6.07) is 9.02. The number of carbonyl (C=O) groups excluding carboxylic acids is 2. The molecule has 10 nitrogen and oxygen atoms in total. The molecule has 4 aromatic rings. The topological polar surface area (TPSA) is 139 Å². The molecule has 0 spiro atoms. The molecule has 0 aliphatic carbocycles. The van der Waals surface area contributed by atoms with Crippen LogP contribution in [0.4, 0.5) is 30.8 Å². The summed E-state index contributed by atoms with van der Waals surface area (Å²) in [5.41, 5.74) is 1.36. The molecule has 162 valence electrons. The predicted molar refractivity (Wildman–Crippen MR) is 120 cm³/mol. The zero-order valence-corrected chi connectivity index (χ0v) is 17.6. The highest BCUT2D eigenvalue weighted by Gasteiger charge is 2.14. The molecule has 3 amide bonds. The molecule has 0 saturated carbocycles. The number of hydrogen-bond donors (Lipinski definition) is 3. The molecule has 13 heteroatoms. The molecular weight excluding hydrogens is 459 g/mol. The molecule has 3 N–H and O–H groups in total. The summed E-state index contributed by atoms with van der Waals surface area (Å²) in [5, 5.41) is 20.9.